The van der Waals surface area contributed by atoms with Crippen LogP contribution in [0.15, 0.2) is 0 Å². The fourth-order valence-corrected chi connectivity index (χ4v) is 5.92. The number of aliphatic carboxylic acids is 1. The van der Waals surface area contributed by atoms with Gasteiger partial charge in [-0.3, -0.25) is 14.4 Å². The zero-order valence-electron chi connectivity index (χ0n) is 29.1. The first-order valence-corrected chi connectivity index (χ1v) is 17.9. The van der Waals surface area contributed by atoms with Crippen LogP contribution >= 0.6 is 0 Å². The van der Waals surface area contributed by atoms with E-state index in [4.69, 9.17) is 33.5 Å². The molecule has 2 aliphatic rings. The van der Waals surface area contributed by atoms with Crippen molar-refractivity contribution in [2.24, 2.45) is 0 Å². The maximum absolute atomic E-state index is 11.4. The predicted molar refractivity (Wildman–Crippen MR) is 173 cm³/mol. The summed E-state index contributed by atoms with van der Waals surface area (Å²) >= 11 is 0. The number of carbonyl (C=O) groups excluding carboxylic acids is 2. The van der Waals surface area contributed by atoms with E-state index in [-0.39, 0.29) is 19.6 Å². The van der Waals surface area contributed by atoms with Gasteiger partial charge in [0.1, 0.15) is 62.0 Å². The van der Waals surface area contributed by atoms with E-state index in [1.165, 1.54) is 51.9 Å². The average Bonchev–Trinajstić information content (AvgIpc) is 3.05. The molecule has 49 heavy (non-hydrogen) atoms. The first-order chi connectivity index (χ1) is 23.4. The van der Waals surface area contributed by atoms with Crippen molar-refractivity contribution in [2.75, 3.05) is 19.8 Å². The molecule has 2 aliphatic heterocycles. The van der Waals surface area contributed by atoms with Crippen molar-refractivity contribution in [3.05, 3.63) is 0 Å². The molecule has 2 fully saturated rings. The van der Waals surface area contributed by atoms with E-state index in [0.717, 1.165) is 51.9 Å². The number of rotatable bonds is 25. The number of esters is 2. The Morgan fingerprint density at radius 1 is 0.531 bits per heavy atom. The lowest BCUT2D eigenvalue weighted by molar-refractivity contribution is -0.367. The third-order valence-electron chi connectivity index (χ3n) is 8.82. The molecule has 0 aromatic rings. The molecule has 15 heteroatoms. The Balaban J connectivity index is 1.74. The molecule has 0 bridgehead atoms. The number of carboxylic acids is 1. The minimum atomic E-state index is -1.76. The Hall–Kier alpha value is -1.95. The standard InChI is InChI=1S/C34H60O15/c1-22(35)45-20-24-27(39)29(41)31(43)33(47-24)49-32-30(42)28(40)25(21-46-23(2)36)48-34(32)44-19-17-15-13-11-9-7-5-3-4-6-8-10-12-14-16-18-26(37)38/h24-25,27-34,39-43H,3-21H2,1-2H3,(H,37,38)/t24-,25-,27-,28-,29+,30+,31-,32-,33+,34-/m1/s1. The van der Waals surface area contributed by atoms with Gasteiger partial charge in [0.05, 0.1) is 0 Å². The number of hydrogen-bond donors (Lipinski definition) is 6. The van der Waals surface area contributed by atoms with Crippen LogP contribution in [-0.4, -0.2) is 130 Å². The van der Waals surface area contributed by atoms with Gasteiger partial charge in [0, 0.05) is 26.9 Å². The number of carboxylic acid groups (broad SMARTS) is 1. The van der Waals surface area contributed by atoms with E-state index in [9.17, 15) is 39.9 Å². The molecule has 0 aromatic carbocycles. The van der Waals surface area contributed by atoms with Crippen LogP contribution < -0.4 is 0 Å². The molecule has 2 heterocycles. The van der Waals surface area contributed by atoms with Crippen LogP contribution in [0.2, 0.25) is 0 Å². The minimum Gasteiger partial charge on any atom is -0.481 e. The van der Waals surface area contributed by atoms with Crippen LogP contribution in [0.25, 0.3) is 0 Å². The topological polar surface area (TPSA) is 228 Å². The highest BCUT2D eigenvalue weighted by atomic mass is 16.8. The molecule has 0 radical (unpaired) electrons. The summed E-state index contributed by atoms with van der Waals surface area (Å²) in [7, 11) is 0. The van der Waals surface area contributed by atoms with E-state index in [0.29, 0.717) is 6.42 Å². The summed E-state index contributed by atoms with van der Waals surface area (Å²) in [6, 6.07) is 0. The van der Waals surface area contributed by atoms with E-state index in [1.54, 1.807) is 0 Å². The van der Waals surface area contributed by atoms with E-state index in [2.05, 4.69) is 0 Å². The van der Waals surface area contributed by atoms with Crippen LogP contribution in [0.5, 0.6) is 0 Å². The summed E-state index contributed by atoms with van der Waals surface area (Å²) in [6.07, 6.45) is 1.43. The monoisotopic (exact) mass is 708 g/mol. The van der Waals surface area contributed by atoms with Crippen molar-refractivity contribution in [3.63, 3.8) is 0 Å². The van der Waals surface area contributed by atoms with Crippen LogP contribution in [0.3, 0.4) is 0 Å². The summed E-state index contributed by atoms with van der Waals surface area (Å²) in [4.78, 5) is 33.1. The summed E-state index contributed by atoms with van der Waals surface area (Å²) in [5, 5.41) is 61.5. The van der Waals surface area contributed by atoms with E-state index in [1.807, 2.05) is 0 Å². The van der Waals surface area contributed by atoms with Crippen molar-refractivity contribution < 1.29 is 73.4 Å². The molecular formula is C34H60O15. The molecule has 15 nitrogen and oxygen atoms in total. The molecule has 0 aliphatic carbocycles. The molecule has 0 aromatic heterocycles. The van der Waals surface area contributed by atoms with Crippen molar-refractivity contribution >= 4 is 17.9 Å². The van der Waals surface area contributed by atoms with Gasteiger partial charge < -0.3 is 59.1 Å². The number of aliphatic hydroxyl groups excluding tert-OH is 5. The summed E-state index contributed by atoms with van der Waals surface area (Å²) < 4.78 is 32.9. The van der Waals surface area contributed by atoms with Gasteiger partial charge in [-0.05, 0) is 12.8 Å². The molecule has 286 valence electrons. The predicted octanol–water partition coefficient (Wildman–Crippen LogP) is 2.09. The smallest absolute Gasteiger partial charge is 0.303 e. The quantitative estimate of drug-likeness (QED) is 0.0590. The number of ether oxygens (including phenoxy) is 6. The zero-order chi connectivity index (χ0) is 36.2. The molecule has 0 saturated carbocycles. The zero-order valence-corrected chi connectivity index (χ0v) is 29.1. The van der Waals surface area contributed by atoms with Gasteiger partial charge in [0.15, 0.2) is 12.6 Å². The maximum Gasteiger partial charge on any atom is 0.303 e. The fraction of sp³-hybridized carbons (Fsp3) is 0.912. The van der Waals surface area contributed by atoms with Crippen LogP contribution in [0.1, 0.15) is 117 Å². The highest BCUT2D eigenvalue weighted by Gasteiger charge is 2.51. The fourth-order valence-electron chi connectivity index (χ4n) is 5.92. The Labute approximate surface area is 289 Å². The molecule has 6 N–H and O–H groups in total. The highest BCUT2D eigenvalue weighted by molar-refractivity contribution is 5.66. The van der Waals surface area contributed by atoms with Crippen LogP contribution in [0, 0.1) is 0 Å². The lowest BCUT2D eigenvalue weighted by Crippen LogP contribution is -2.64. The lowest BCUT2D eigenvalue weighted by Gasteiger charge is -2.46. The molecule has 2 saturated heterocycles. The Kier molecular flexibility index (Phi) is 21.4. The third kappa shape index (κ3) is 16.7. The van der Waals surface area contributed by atoms with Gasteiger partial charge in [0.2, 0.25) is 0 Å². The number of hydrogen-bond acceptors (Lipinski definition) is 14. The van der Waals surface area contributed by atoms with Gasteiger partial charge in [-0.25, -0.2) is 0 Å². The van der Waals surface area contributed by atoms with Gasteiger partial charge >= 0.3 is 17.9 Å². The summed E-state index contributed by atoms with van der Waals surface area (Å²) in [5.74, 6) is -1.97. The van der Waals surface area contributed by atoms with Crippen molar-refractivity contribution in [3.8, 4) is 0 Å². The van der Waals surface area contributed by atoms with Crippen LogP contribution in [-0.2, 0) is 42.8 Å². The lowest BCUT2D eigenvalue weighted by atomic mass is 9.97. The summed E-state index contributed by atoms with van der Waals surface area (Å²) in [5.41, 5.74) is 0. The van der Waals surface area contributed by atoms with Crippen molar-refractivity contribution in [1.82, 2.24) is 0 Å². The van der Waals surface area contributed by atoms with Gasteiger partial charge in [-0.15, -0.1) is 0 Å². The van der Waals surface area contributed by atoms with E-state index < -0.39 is 85.9 Å². The average molecular weight is 709 g/mol. The van der Waals surface area contributed by atoms with Gasteiger partial charge in [-0.1, -0.05) is 83.5 Å². The molecule has 0 unspecified atom stereocenters. The first-order valence-electron chi connectivity index (χ1n) is 17.9. The molecule has 10 atom stereocenters. The van der Waals surface area contributed by atoms with Crippen LogP contribution in [0.4, 0.5) is 0 Å². The summed E-state index contributed by atoms with van der Waals surface area (Å²) in [6.45, 7) is 1.78. The molecule has 2 rings (SSSR count). The minimum absolute atomic E-state index is 0.220. The number of unbranched alkanes of at least 4 members (excludes halogenated alkanes) is 14. The van der Waals surface area contributed by atoms with Gasteiger partial charge in [-0.2, -0.15) is 0 Å². The third-order valence-corrected chi connectivity index (χ3v) is 8.82. The second-order valence-electron chi connectivity index (χ2n) is 13.1. The highest BCUT2D eigenvalue weighted by Crippen LogP contribution is 2.30. The molecular weight excluding hydrogens is 648 g/mol. The molecule has 0 spiro atoms. The number of carbonyl (C=O) groups is 3. The first kappa shape index (κ1) is 43.2. The Morgan fingerprint density at radius 2 is 0.939 bits per heavy atom. The molecule has 0 amide bonds. The number of aliphatic hydroxyl groups is 5. The largest absolute Gasteiger partial charge is 0.481 e. The SMILES string of the molecule is CC(=O)OC[C@H]1O[C@@H](O[C@H]2[C@H](OCCCCCCCCCCCCCCCCCC(=O)O)O[C@H](COC(C)=O)[C@@H](O)[C@@H]2O)[C@H](O)[C@@H](O)[C@@H]1O. The second kappa shape index (κ2) is 24.3. The normalized spacial score (nSPS) is 30.2. The van der Waals surface area contributed by atoms with Crippen molar-refractivity contribution in [1.29, 1.82) is 0 Å². The second-order valence-corrected chi connectivity index (χ2v) is 13.1. The van der Waals surface area contributed by atoms with Gasteiger partial charge in [0.25, 0.3) is 0 Å². The Bertz CT molecular complexity index is 935. The Morgan fingerprint density at radius 3 is 1.39 bits per heavy atom. The van der Waals surface area contributed by atoms with E-state index >= 15 is 0 Å². The van der Waals surface area contributed by atoms with Crippen molar-refractivity contribution in [2.45, 2.75) is 178 Å². The maximum atomic E-state index is 11.4.